The van der Waals surface area contributed by atoms with Gasteiger partial charge in [-0.05, 0) is 37.8 Å². The van der Waals surface area contributed by atoms with Crippen LogP contribution in [0.4, 0.5) is 0 Å². The third kappa shape index (κ3) is 2.55. The molecule has 1 aromatic heterocycles. The number of carbonyl (C=O) groups excluding carboxylic acids is 1. The number of benzene rings is 1. The number of oxazole rings is 1. The molecule has 5 nitrogen and oxygen atoms in total. The minimum absolute atomic E-state index is 0.0732. The van der Waals surface area contributed by atoms with Crippen molar-refractivity contribution in [2.75, 3.05) is 19.8 Å². The smallest absolute Gasteiger partial charge is 0.254 e. The Kier molecular flexibility index (Phi) is 3.45. The van der Waals surface area contributed by atoms with E-state index < -0.39 is 0 Å². The highest BCUT2D eigenvalue weighted by atomic mass is 16.5. The third-order valence-corrected chi connectivity index (χ3v) is 5.00. The minimum Gasteiger partial charge on any atom is -0.444 e. The van der Waals surface area contributed by atoms with Crippen LogP contribution in [0, 0.1) is 5.92 Å². The largest absolute Gasteiger partial charge is 0.444 e. The van der Waals surface area contributed by atoms with Crippen molar-refractivity contribution in [2.45, 2.75) is 25.3 Å². The molecule has 0 spiro atoms. The number of nitrogens with zero attached hydrogens (tertiary/aromatic N) is 2. The first-order chi connectivity index (χ1) is 11.2. The van der Waals surface area contributed by atoms with Crippen LogP contribution in [0.2, 0.25) is 0 Å². The summed E-state index contributed by atoms with van der Waals surface area (Å²) in [6.45, 7) is 4.04. The summed E-state index contributed by atoms with van der Waals surface area (Å²) in [4.78, 5) is 19.0. The number of carbonyl (C=O) groups is 1. The van der Waals surface area contributed by atoms with Crippen molar-refractivity contribution in [1.29, 1.82) is 0 Å². The molecule has 0 radical (unpaired) electrons. The molecule has 1 aliphatic heterocycles. The zero-order valence-electron chi connectivity index (χ0n) is 13.2. The number of hydrogen-bond acceptors (Lipinski definition) is 4. The second kappa shape index (κ2) is 5.49. The molecule has 0 bridgehead atoms. The third-order valence-electron chi connectivity index (χ3n) is 5.00. The Morgan fingerprint density at radius 2 is 2.26 bits per heavy atom. The summed E-state index contributed by atoms with van der Waals surface area (Å²) >= 11 is 0. The van der Waals surface area contributed by atoms with Gasteiger partial charge in [-0.2, -0.15) is 0 Å². The number of rotatable bonds is 3. The molecule has 2 aliphatic rings. The van der Waals surface area contributed by atoms with E-state index >= 15 is 0 Å². The zero-order chi connectivity index (χ0) is 15.9. The van der Waals surface area contributed by atoms with E-state index in [9.17, 15) is 4.79 Å². The van der Waals surface area contributed by atoms with Crippen LogP contribution < -0.4 is 0 Å². The molecular weight excluding hydrogens is 292 g/mol. The summed E-state index contributed by atoms with van der Waals surface area (Å²) in [5.41, 5.74) is 1.37. The topological polar surface area (TPSA) is 55.6 Å². The first kappa shape index (κ1) is 14.5. The molecule has 23 heavy (non-hydrogen) atoms. The predicted molar refractivity (Wildman–Crippen MR) is 84.9 cm³/mol. The summed E-state index contributed by atoms with van der Waals surface area (Å²) in [5, 5.41) is 0. The summed E-state index contributed by atoms with van der Waals surface area (Å²) in [7, 11) is 0. The molecule has 120 valence electrons. The Morgan fingerprint density at radius 3 is 3.00 bits per heavy atom. The molecule has 1 aliphatic carbocycles. The summed E-state index contributed by atoms with van der Waals surface area (Å²) < 4.78 is 11.0. The van der Waals surface area contributed by atoms with Crippen molar-refractivity contribution in [1.82, 2.24) is 9.88 Å². The Hall–Kier alpha value is -2.14. The molecule has 1 saturated carbocycles. The average molecular weight is 312 g/mol. The van der Waals surface area contributed by atoms with E-state index in [1.54, 1.807) is 6.20 Å². The van der Waals surface area contributed by atoms with Gasteiger partial charge in [-0.25, -0.2) is 4.98 Å². The molecule has 2 aromatic rings. The van der Waals surface area contributed by atoms with Gasteiger partial charge in [-0.15, -0.1) is 0 Å². The first-order valence-electron chi connectivity index (χ1n) is 8.07. The lowest BCUT2D eigenvalue weighted by Gasteiger charge is -2.45. The Labute approximate surface area is 135 Å². The SMILES string of the molecule is CC1(C2CC2)COCCN1C(=O)c1cccc(-c2cnco2)c1. The van der Waals surface area contributed by atoms with Gasteiger partial charge in [0.25, 0.3) is 5.91 Å². The van der Waals surface area contributed by atoms with Gasteiger partial charge in [0.05, 0.1) is 24.9 Å². The highest BCUT2D eigenvalue weighted by Gasteiger charge is 2.49. The van der Waals surface area contributed by atoms with Gasteiger partial charge in [-0.1, -0.05) is 12.1 Å². The monoisotopic (exact) mass is 312 g/mol. The lowest BCUT2D eigenvalue weighted by molar-refractivity contribution is -0.0547. The standard InChI is InChI=1S/C18H20N2O3/c1-18(15-5-6-15)11-22-8-7-20(18)17(21)14-4-2-3-13(9-14)16-10-19-12-23-16/h2-4,9-10,12,15H,5-8,11H2,1H3. The highest BCUT2D eigenvalue weighted by Crippen LogP contribution is 2.44. The number of amides is 1. The van der Waals surface area contributed by atoms with E-state index in [0.29, 0.717) is 37.0 Å². The average Bonchev–Trinajstić information content (AvgIpc) is 3.31. The molecule has 1 saturated heterocycles. The van der Waals surface area contributed by atoms with Gasteiger partial charge in [0.2, 0.25) is 0 Å². The number of morpholine rings is 1. The van der Waals surface area contributed by atoms with E-state index in [4.69, 9.17) is 9.15 Å². The minimum atomic E-state index is -0.183. The predicted octanol–water partition coefficient (Wildman–Crippen LogP) is 2.98. The molecule has 1 aromatic carbocycles. The van der Waals surface area contributed by atoms with Crippen molar-refractivity contribution in [3.63, 3.8) is 0 Å². The normalized spacial score (nSPS) is 24.7. The highest BCUT2D eigenvalue weighted by molar-refractivity contribution is 5.96. The van der Waals surface area contributed by atoms with Crippen LogP contribution in [0.3, 0.4) is 0 Å². The van der Waals surface area contributed by atoms with Crippen molar-refractivity contribution in [3.8, 4) is 11.3 Å². The fraction of sp³-hybridized carbons (Fsp3) is 0.444. The van der Waals surface area contributed by atoms with Gasteiger partial charge < -0.3 is 14.1 Å². The Bertz CT molecular complexity index is 709. The van der Waals surface area contributed by atoms with Crippen LogP contribution in [0.15, 0.2) is 41.3 Å². The zero-order valence-corrected chi connectivity index (χ0v) is 13.2. The van der Waals surface area contributed by atoms with E-state index in [-0.39, 0.29) is 11.4 Å². The molecule has 4 rings (SSSR count). The van der Waals surface area contributed by atoms with E-state index in [1.807, 2.05) is 29.2 Å². The van der Waals surface area contributed by atoms with Crippen LogP contribution in [0.25, 0.3) is 11.3 Å². The van der Waals surface area contributed by atoms with E-state index in [0.717, 1.165) is 5.56 Å². The van der Waals surface area contributed by atoms with Crippen LogP contribution in [-0.4, -0.2) is 41.1 Å². The van der Waals surface area contributed by atoms with Crippen molar-refractivity contribution in [3.05, 3.63) is 42.4 Å². The van der Waals surface area contributed by atoms with Gasteiger partial charge in [0.15, 0.2) is 12.2 Å². The maximum atomic E-state index is 13.1. The van der Waals surface area contributed by atoms with Crippen LogP contribution in [0.1, 0.15) is 30.1 Å². The Balaban J connectivity index is 1.64. The number of ether oxygens (including phenoxy) is 1. The molecule has 1 unspecified atom stereocenters. The van der Waals surface area contributed by atoms with Crippen LogP contribution >= 0.6 is 0 Å². The number of aromatic nitrogens is 1. The van der Waals surface area contributed by atoms with Crippen LogP contribution in [0.5, 0.6) is 0 Å². The fourth-order valence-electron chi connectivity index (χ4n) is 3.46. The summed E-state index contributed by atoms with van der Waals surface area (Å²) in [6.07, 6.45) is 5.42. The molecule has 2 fully saturated rings. The molecule has 2 heterocycles. The second-order valence-electron chi connectivity index (χ2n) is 6.59. The molecule has 5 heteroatoms. The molecule has 1 amide bonds. The van der Waals surface area contributed by atoms with Gasteiger partial charge >= 0.3 is 0 Å². The maximum Gasteiger partial charge on any atom is 0.254 e. The summed E-state index contributed by atoms with van der Waals surface area (Å²) in [6, 6.07) is 7.56. The fourth-order valence-corrected chi connectivity index (χ4v) is 3.46. The lowest BCUT2D eigenvalue weighted by Crippen LogP contribution is -2.58. The van der Waals surface area contributed by atoms with Crippen LogP contribution in [-0.2, 0) is 4.74 Å². The van der Waals surface area contributed by atoms with Gasteiger partial charge in [-0.3, -0.25) is 4.79 Å². The van der Waals surface area contributed by atoms with E-state index in [1.165, 1.54) is 19.2 Å². The molecule has 1 atom stereocenters. The van der Waals surface area contributed by atoms with Crippen molar-refractivity contribution < 1.29 is 13.9 Å². The maximum absolute atomic E-state index is 13.1. The van der Waals surface area contributed by atoms with Gasteiger partial charge in [0, 0.05) is 17.7 Å². The van der Waals surface area contributed by atoms with E-state index in [2.05, 4.69) is 11.9 Å². The van der Waals surface area contributed by atoms with Gasteiger partial charge in [0.1, 0.15) is 0 Å². The summed E-state index contributed by atoms with van der Waals surface area (Å²) in [5.74, 6) is 1.31. The second-order valence-corrected chi connectivity index (χ2v) is 6.59. The first-order valence-corrected chi connectivity index (χ1v) is 8.07. The van der Waals surface area contributed by atoms with Crippen molar-refractivity contribution >= 4 is 5.91 Å². The number of hydrogen-bond donors (Lipinski definition) is 0. The molecular formula is C18H20N2O3. The van der Waals surface area contributed by atoms with Crippen molar-refractivity contribution in [2.24, 2.45) is 5.92 Å². The quantitative estimate of drug-likeness (QED) is 0.874. The Morgan fingerprint density at radius 1 is 1.39 bits per heavy atom. The lowest BCUT2D eigenvalue weighted by atomic mass is 9.92. The molecule has 0 N–H and O–H groups in total.